The average molecular weight is 370 g/mol. The van der Waals surface area contributed by atoms with Crippen LogP contribution in [0.5, 0.6) is 0 Å². The predicted octanol–water partition coefficient (Wildman–Crippen LogP) is 3.81. The molecular formula is C21H26N2O4. The molecule has 1 fully saturated rings. The standard InChI is InChI=1S/C21H26N2O4/c1-15-10-12-21(13-11-15,20(25)26)23-18(24)8-5-9-19-22-14-17(27-19)16-6-3-2-4-7-16/h2-4,6-7,14-15H,5,8-13H2,1H3,(H,23,24)(H,25,26). The summed E-state index contributed by atoms with van der Waals surface area (Å²) in [7, 11) is 0. The van der Waals surface area contributed by atoms with Gasteiger partial charge in [-0.1, -0.05) is 37.3 Å². The fourth-order valence-electron chi connectivity index (χ4n) is 3.54. The quantitative estimate of drug-likeness (QED) is 0.773. The number of aliphatic carboxylic acids is 1. The molecule has 1 heterocycles. The summed E-state index contributed by atoms with van der Waals surface area (Å²) in [5.74, 6) is 0.653. The van der Waals surface area contributed by atoms with Crippen molar-refractivity contribution >= 4 is 11.9 Å². The smallest absolute Gasteiger partial charge is 0.329 e. The largest absolute Gasteiger partial charge is 0.480 e. The Morgan fingerprint density at radius 3 is 2.63 bits per heavy atom. The maximum Gasteiger partial charge on any atom is 0.329 e. The van der Waals surface area contributed by atoms with E-state index >= 15 is 0 Å². The molecule has 1 aromatic heterocycles. The van der Waals surface area contributed by atoms with Crippen molar-refractivity contribution in [3.8, 4) is 11.3 Å². The summed E-state index contributed by atoms with van der Waals surface area (Å²) in [6, 6.07) is 9.72. The van der Waals surface area contributed by atoms with Crippen LogP contribution in [0.2, 0.25) is 0 Å². The van der Waals surface area contributed by atoms with E-state index in [-0.39, 0.29) is 12.3 Å². The van der Waals surface area contributed by atoms with Gasteiger partial charge in [0.15, 0.2) is 11.7 Å². The number of rotatable bonds is 7. The molecule has 0 aliphatic heterocycles. The summed E-state index contributed by atoms with van der Waals surface area (Å²) in [6.45, 7) is 2.12. The second-order valence-corrected chi connectivity index (χ2v) is 7.46. The Kier molecular flexibility index (Phi) is 5.94. The number of hydrogen-bond donors (Lipinski definition) is 2. The molecule has 1 aliphatic rings. The molecule has 1 saturated carbocycles. The van der Waals surface area contributed by atoms with E-state index in [1.165, 1.54) is 0 Å². The zero-order valence-electron chi connectivity index (χ0n) is 15.6. The van der Waals surface area contributed by atoms with E-state index in [0.717, 1.165) is 18.4 Å². The molecule has 1 aromatic carbocycles. The topological polar surface area (TPSA) is 92.4 Å². The lowest BCUT2D eigenvalue weighted by Gasteiger charge is -2.36. The van der Waals surface area contributed by atoms with Gasteiger partial charge in [0.2, 0.25) is 5.91 Å². The van der Waals surface area contributed by atoms with Gasteiger partial charge in [0, 0.05) is 18.4 Å². The number of amides is 1. The normalized spacial score (nSPS) is 22.3. The first-order chi connectivity index (χ1) is 13.0. The summed E-state index contributed by atoms with van der Waals surface area (Å²) >= 11 is 0. The van der Waals surface area contributed by atoms with Gasteiger partial charge in [0.05, 0.1) is 6.20 Å². The van der Waals surface area contributed by atoms with E-state index in [1.807, 2.05) is 30.3 Å². The van der Waals surface area contributed by atoms with Crippen molar-refractivity contribution < 1.29 is 19.1 Å². The Hall–Kier alpha value is -2.63. The van der Waals surface area contributed by atoms with Crippen molar-refractivity contribution in [1.29, 1.82) is 0 Å². The van der Waals surface area contributed by atoms with Crippen LogP contribution in [-0.2, 0) is 16.0 Å². The Morgan fingerprint density at radius 2 is 1.96 bits per heavy atom. The second kappa shape index (κ2) is 8.37. The molecule has 1 aliphatic carbocycles. The summed E-state index contributed by atoms with van der Waals surface area (Å²) in [4.78, 5) is 28.3. The van der Waals surface area contributed by atoms with Crippen LogP contribution in [0, 0.1) is 5.92 Å². The van der Waals surface area contributed by atoms with Gasteiger partial charge < -0.3 is 14.8 Å². The number of oxazole rings is 1. The first kappa shape index (κ1) is 19.1. The van der Waals surface area contributed by atoms with Crippen molar-refractivity contribution in [3.05, 3.63) is 42.4 Å². The minimum absolute atomic E-state index is 0.221. The van der Waals surface area contributed by atoms with Gasteiger partial charge in [-0.05, 0) is 38.0 Å². The minimum Gasteiger partial charge on any atom is -0.480 e. The van der Waals surface area contributed by atoms with E-state index in [9.17, 15) is 14.7 Å². The van der Waals surface area contributed by atoms with Crippen LogP contribution in [0.15, 0.2) is 40.9 Å². The van der Waals surface area contributed by atoms with Crippen LogP contribution in [0.25, 0.3) is 11.3 Å². The summed E-state index contributed by atoms with van der Waals surface area (Å²) < 4.78 is 5.73. The highest BCUT2D eigenvalue weighted by atomic mass is 16.4. The molecule has 0 radical (unpaired) electrons. The number of benzene rings is 1. The lowest BCUT2D eigenvalue weighted by atomic mass is 9.77. The van der Waals surface area contributed by atoms with Crippen molar-refractivity contribution in [1.82, 2.24) is 10.3 Å². The molecule has 0 unspecified atom stereocenters. The number of aromatic nitrogens is 1. The average Bonchev–Trinajstić information content (AvgIpc) is 3.13. The van der Waals surface area contributed by atoms with Gasteiger partial charge in [-0.25, -0.2) is 9.78 Å². The maximum atomic E-state index is 12.3. The Labute approximate surface area is 159 Å². The summed E-state index contributed by atoms with van der Waals surface area (Å²) in [5, 5.41) is 12.4. The number of nitrogens with zero attached hydrogens (tertiary/aromatic N) is 1. The van der Waals surface area contributed by atoms with Gasteiger partial charge >= 0.3 is 5.97 Å². The van der Waals surface area contributed by atoms with E-state index in [0.29, 0.717) is 43.3 Å². The molecule has 2 aromatic rings. The highest BCUT2D eigenvalue weighted by molar-refractivity contribution is 5.87. The molecule has 144 valence electrons. The zero-order valence-corrected chi connectivity index (χ0v) is 15.6. The fraction of sp³-hybridized carbons (Fsp3) is 0.476. The lowest BCUT2D eigenvalue weighted by molar-refractivity contribution is -0.149. The van der Waals surface area contributed by atoms with Gasteiger partial charge in [-0.3, -0.25) is 4.79 Å². The van der Waals surface area contributed by atoms with Crippen LogP contribution in [0.3, 0.4) is 0 Å². The number of carboxylic acid groups (broad SMARTS) is 1. The third-order valence-corrected chi connectivity index (χ3v) is 5.32. The molecule has 0 saturated heterocycles. The molecular weight excluding hydrogens is 344 g/mol. The fourth-order valence-corrected chi connectivity index (χ4v) is 3.54. The monoisotopic (exact) mass is 370 g/mol. The molecule has 2 N–H and O–H groups in total. The Bertz CT molecular complexity index is 776. The minimum atomic E-state index is -1.10. The Morgan fingerprint density at radius 1 is 1.26 bits per heavy atom. The third kappa shape index (κ3) is 4.76. The van der Waals surface area contributed by atoms with Gasteiger partial charge in [-0.2, -0.15) is 0 Å². The highest BCUT2D eigenvalue weighted by Crippen LogP contribution is 2.32. The first-order valence-corrected chi connectivity index (χ1v) is 9.53. The molecule has 1 amide bonds. The highest BCUT2D eigenvalue weighted by Gasteiger charge is 2.42. The van der Waals surface area contributed by atoms with Crippen LogP contribution < -0.4 is 5.32 Å². The molecule has 6 nitrogen and oxygen atoms in total. The molecule has 27 heavy (non-hydrogen) atoms. The number of nitrogens with one attached hydrogen (secondary N) is 1. The van der Waals surface area contributed by atoms with Crippen molar-refractivity contribution in [2.45, 2.75) is 57.4 Å². The van der Waals surface area contributed by atoms with Gasteiger partial charge in [-0.15, -0.1) is 0 Å². The SMILES string of the molecule is CC1CCC(NC(=O)CCCc2ncc(-c3ccccc3)o2)(C(=O)O)CC1. The van der Waals surface area contributed by atoms with Crippen molar-refractivity contribution in [3.63, 3.8) is 0 Å². The number of carbonyl (C=O) groups is 2. The second-order valence-electron chi connectivity index (χ2n) is 7.46. The number of carbonyl (C=O) groups excluding carboxylic acids is 1. The molecule has 3 rings (SSSR count). The Balaban J connectivity index is 1.49. The van der Waals surface area contributed by atoms with Crippen LogP contribution >= 0.6 is 0 Å². The van der Waals surface area contributed by atoms with Gasteiger partial charge in [0.1, 0.15) is 5.54 Å². The van der Waals surface area contributed by atoms with Crippen LogP contribution in [0.1, 0.15) is 51.3 Å². The summed E-state index contributed by atoms with van der Waals surface area (Å²) in [6.07, 6.45) is 5.69. The number of aryl methyl sites for hydroxylation is 1. The molecule has 6 heteroatoms. The van der Waals surface area contributed by atoms with Crippen molar-refractivity contribution in [2.75, 3.05) is 0 Å². The molecule has 0 spiro atoms. The van der Waals surface area contributed by atoms with E-state index in [4.69, 9.17) is 4.42 Å². The van der Waals surface area contributed by atoms with Crippen LogP contribution in [0.4, 0.5) is 0 Å². The molecule has 0 bridgehead atoms. The number of carboxylic acids is 1. The molecule has 0 atom stereocenters. The van der Waals surface area contributed by atoms with Crippen LogP contribution in [-0.4, -0.2) is 27.5 Å². The lowest BCUT2D eigenvalue weighted by Crippen LogP contribution is -2.56. The zero-order chi connectivity index (χ0) is 19.3. The van der Waals surface area contributed by atoms with Gasteiger partial charge in [0.25, 0.3) is 0 Å². The number of hydrogen-bond acceptors (Lipinski definition) is 4. The maximum absolute atomic E-state index is 12.3. The van der Waals surface area contributed by atoms with E-state index in [1.54, 1.807) is 6.20 Å². The van der Waals surface area contributed by atoms with E-state index < -0.39 is 11.5 Å². The first-order valence-electron chi connectivity index (χ1n) is 9.53. The predicted molar refractivity (Wildman–Crippen MR) is 101 cm³/mol. The van der Waals surface area contributed by atoms with Crippen molar-refractivity contribution in [2.24, 2.45) is 5.92 Å². The third-order valence-electron chi connectivity index (χ3n) is 5.32. The summed E-state index contributed by atoms with van der Waals surface area (Å²) in [5.41, 5.74) is -0.142. The van der Waals surface area contributed by atoms with E-state index in [2.05, 4.69) is 17.2 Å².